The van der Waals surface area contributed by atoms with Gasteiger partial charge in [0.25, 0.3) is 6.33 Å². The number of imidazole rings is 1. The fraction of sp³-hybridized carbons (Fsp3) is 0.0847. The second-order valence-corrected chi connectivity index (χ2v) is 15.7. The molecule has 0 bridgehead atoms. The van der Waals surface area contributed by atoms with Crippen LogP contribution in [-0.4, -0.2) is 14.1 Å². The van der Waals surface area contributed by atoms with Gasteiger partial charge >= 0.3 is 0 Å². The highest BCUT2D eigenvalue weighted by Gasteiger charge is 2.24. The third kappa shape index (κ3) is 6.65. The summed E-state index contributed by atoms with van der Waals surface area (Å²) in [5, 5.41) is 1.90. The first kappa shape index (κ1) is 25.2. The molecule has 3 heterocycles. The molecule has 0 aliphatic heterocycles. The second kappa shape index (κ2) is 16.0. The van der Waals surface area contributed by atoms with Gasteiger partial charge in [-0.1, -0.05) is 170 Å². The van der Waals surface area contributed by atoms with E-state index in [-0.39, 0.29) is 51.5 Å². The van der Waals surface area contributed by atoms with Crippen molar-refractivity contribution in [2.45, 2.75) is 31.6 Å². The summed E-state index contributed by atoms with van der Waals surface area (Å²) in [6.45, 7) is 0. The molecule has 11 aromatic rings. The van der Waals surface area contributed by atoms with Crippen molar-refractivity contribution in [3.63, 3.8) is 0 Å². The van der Waals surface area contributed by atoms with Crippen LogP contribution in [0.3, 0.4) is 0 Å². The molecule has 306 valence electrons. The van der Waals surface area contributed by atoms with Crippen molar-refractivity contribution in [1.29, 1.82) is 0 Å². The normalized spacial score (nSPS) is 16.3. The van der Waals surface area contributed by atoms with Crippen molar-refractivity contribution < 1.29 is 29.9 Å². The van der Waals surface area contributed by atoms with Crippen LogP contribution in [0.5, 0.6) is 11.5 Å². The number of rotatable bonds is 9. The minimum Gasteiger partial charge on any atom is -0.458 e. The Morgan fingerprint density at radius 2 is 1.17 bits per heavy atom. The van der Waals surface area contributed by atoms with E-state index in [1.54, 1.807) is 51.7 Å². The Balaban J connectivity index is 0.996. The number of aromatic nitrogens is 4. The number of hydrogen-bond donors (Lipinski definition) is 0. The van der Waals surface area contributed by atoms with Crippen molar-refractivity contribution in [3.8, 4) is 62.1 Å². The molecule has 3 aromatic heterocycles. The van der Waals surface area contributed by atoms with Crippen molar-refractivity contribution in [2.75, 3.05) is 0 Å². The summed E-state index contributed by atoms with van der Waals surface area (Å²) < 4.78 is 142. The number of hydrogen-bond acceptors (Lipinski definition) is 2. The molecule has 1 saturated carbocycles. The molecule has 5 nitrogen and oxygen atoms in total. The molecule has 1 fully saturated rings. The van der Waals surface area contributed by atoms with Crippen LogP contribution in [-0.2, 0) is 0 Å². The van der Waals surface area contributed by atoms with E-state index in [2.05, 4.69) is 10.9 Å². The lowest BCUT2D eigenvalue weighted by molar-refractivity contribution is -0.571. The quantitative estimate of drug-likeness (QED) is 0.107. The summed E-state index contributed by atoms with van der Waals surface area (Å²) in [6, 6.07) is 27.8. The Kier molecular flexibility index (Phi) is 6.31. The molecule has 1 aliphatic carbocycles. The van der Waals surface area contributed by atoms with E-state index in [9.17, 15) is 0 Å². The summed E-state index contributed by atoms with van der Waals surface area (Å²) in [5.74, 6) is 1.61. The van der Waals surface area contributed by atoms with Crippen molar-refractivity contribution in [2.24, 2.45) is 0 Å². The van der Waals surface area contributed by atoms with E-state index < -0.39 is 78.6 Å². The summed E-state index contributed by atoms with van der Waals surface area (Å²) in [6.07, 6.45) is 8.84. The predicted molar refractivity (Wildman–Crippen MR) is 260 cm³/mol. The molecule has 5 heteroatoms. The maximum absolute atomic E-state index is 9.04. The molecule has 0 atom stereocenters. The van der Waals surface area contributed by atoms with Crippen LogP contribution in [0.15, 0.2) is 212 Å². The summed E-state index contributed by atoms with van der Waals surface area (Å²) >= 11 is 0. The Hall–Kier alpha value is -8.02. The fourth-order valence-electron chi connectivity index (χ4n) is 9.21. The SMILES string of the molecule is [2H]c1c([2H])c([2H])c(-c2cnc(-n3c4ccccc4c4ccc(Oc5cccc(-n6[c-][n+](-c7c(-c8c([2H])c([2H])c([2H])c([2H])c8[2H])cccc7-c7c([2H])c([2H])c([2H])c([2H])c7[2H])c7ccccc76)c5)cc43)cc2C2CCCC2)c([2H])c1[2H]. The molecule has 0 amide bonds. The molecule has 64 heavy (non-hydrogen) atoms. The first-order valence-corrected chi connectivity index (χ1v) is 21.1. The van der Waals surface area contributed by atoms with Gasteiger partial charge in [-0.25, -0.2) is 4.98 Å². The van der Waals surface area contributed by atoms with Gasteiger partial charge in [0.2, 0.25) is 0 Å². The molecule has 0 saturated heterocycles. The van der Waals surface area contributed by atoms with Gasteiger partial charge in [0.1, 0.15) is 17.3 Å². The topological polar surface area (TPSA) is 35.9 Å². The minimum atomic E-state index is -0.588. The average Bonchev–Trinajstić information content (AvgIpc) is 4.34. The second-order valence-electron chi connectivity index (χ2n) is 15.7. The Morgan fingerprint density at radius 3 is 1.89 bits per heavy atom. The van der Waals surface area contributed by atoms with E-state index >= 15 is 0 Å². The predicted octanol–water partition coefficient (Wildman–Crippen LogP) is 14.7. The zero-order chi connectivity index (χ0) is 55.5. The fourth-order valence-corrected chi connectivity index (χ4v) is 9.21. The lowest BCUT2D eigenvalue weighted by Gasteiger charge is -2.18. The maximum Gasteiger partial charge on any atom is 0.269 e. The number of pyridine rings is 1. The highest BCUT2D eigenvalue weighted by molar-refractivity contribution is 6.09. The van der Waals surface area contributed by atoms with Crippen LogP contribution < -0.4 is 9.30 Å². The third-order valence-corrected chi connectivity index (χ3v) is 12.0. The van der Waals surface area contributed by atoms with Crippen LogP contribution in [0, 0.1) is 6.33 Å². The van der Waals surface area contributed by atoms with Gasteiger partial charge in [-0.15, -0.1) is 0 Å². The molecule has 0 unspecified atom stereocenters. The average molecular weight is 840 g/mol. The minimum absolute atomic E-state index is 0.0832. The van der Waals surface area contributed by atoms with Crippen LogP contribution in [0.25, 0.3) is 83.4 Å². The molecular formula is C59H44N4O. The number of ether oxygens (including phenoxy) is 1. The summed E-state index contributed by atoms with van der Waals surface area (Å²) in [4.78, 5) is 4.98. The Labute approximate surface area is 393 Å². The number of para-hydroxylation sites is 4. The molecule has 0 spiro atoms. The molecular weight excluding hydrogens is 781 g/mol. The highest BCUT2D eigenvalue weighted by Crippen LogP contribution is 2.42. The lowest BCUT2D eigenvalue weighted by Crippen LogP contribution is -2.31. The zero-order valence-corrected chi connectivity index (χ0v) is 34.1. The van der Waals surface area contributed by atoms with Crippen LogP contribution in [0.4, 0.5) is 0 Å². The summed E-state index contributed by atoms with van der Waals surface area (Å²) in [5.41, 5.74) is 4.98. The zero-order valence-electron chi connectivity index (χ0n) is 49.1. The van der Waals surface area contributed by atoms with Gasteiger partial charge in [-0.3, -0.25) is 13.7 Å². The third-order valence-electron chi connectivity index (χ3n) is 12.0. The van der Waals surface area contributed by atoms with Gasteiger partial charge in [0.15, 0.2) is 0 Å². The number of benzene rings is 8. The van der Waals surface area contributed by atoms with Crippen LogP contribution in [0.2, 0.25) is 0 Å². The Bertz CT molecular complexity index is 4220. The molecule has 12 rings (SSSR count). The Morgan fingerprint density at radius 1 is 0.562 bits per heavy atom. The molecule has 0 N–H and O–H groups in total. The largest absolute Gasteiger partial charge is 0.458 e. The van der Waals surface area contributed by atoms with E-state index in [4.69, 9.17) is 30.3 Å². The lowest BCUT2D eigenvalue weighted by atomic mass is 9.91. The van der Waals surface area contributed by atoms with E-state index in [1.165, 1.54) is 0 Å². The molecule has 8 aromatic carbocycles. The van der Waals surface area contributed by atoms with Gasteiger partial charge in [-0.2, -0.15) is 0 Å². The molecule has 1 aliphatic rings. The van der Waals surface area contributed by atoms with Crippen LogP contribution >= 0.6 is 0 Å². The smallest absolute Gasteiger partial charge is 0.269 e. The first-order chi connectivity index (χ1) is 38.0. The molecule has 0 radical (unpaired) electrons. The van der Waals surface area contributed by atoms with Gasteiger partial charge in [0.05, 0.1) is 54.0 Å². The van der Waals surface area contributed by atoms with Gasteiger partial charge in [-0.05, 0) is 94.6 Å². The van der Waals surface area contributed by atoms with Crippen LogP contribution in [0.1, 0.15) is 57.7 Å². The monoisotopic (exact) mass is 839 g/mol. The van der Waals surface area contributed by atoms with E-state index in [1.807, 2.05) is 78.9 Å². The first-order valence-electron chi connectivity index (χ1n) is 28.6. The standard InChI is InChI=1S/C59H44N4O/c1-4-18-41(19-5-1)48-29-17-30-49(42-20-6-2-7-21-42)59(48)62-40-61(55-32-14-15-33-56(55)62)45-26-16-27-46(36-45)64-47-34-35-51-50-28-12-13-31-54(50)63(57(51)37-47)58-38-52(43-24-10-11-25-43)53(39-60-58)44-22-8-3-9-23-44/h1-9,12-23,26-39,43H,10-11,24-25H2/i1D,2D,3D,4D,5D,6D,7D,8D,9D,18D,19D,20D,21D,22D,23D. The van der Waals surface area contributed by atoms with Crippen molar-refractivity contribution >= 4 is 32.8 Å². The summed E-state index contributed by atoms with van der Waals surface area (Å²) in [7, 11) is 0. The van der Waals surface area contributed by atoms with Crippen molar-refractivity contribution in [3.05, 3.63) is 224 Å². The van der Waals surface area contributed by atoms with Gasteiger partial charge < -0.3 is 4.74 Å². The van der Waals surface area contributed by atoms with Crippen molar-refractivity contribution in [1.82, 2.24) is 14.1 Å². The highest BCUT2D eigenvalue weighted by atomic mass is 16.5. The van der Waals surface area contributed by atoms with E-state index in [0.29, 0.717) is 39.6 Å². The number of fused-ring (bicyclic) bond motifs is 4. The maximum atomic E-state index is 9.04. The van der Waals surface area contributed by atoms with Gasteiger partial charge in [0, 0.05) is 28.6 Å². The number of nitrogens with zero attached hydrogens (tertiary/aromatic N) is 4. The van der Waals surface area contributed by atoms with E-state index in [0.717, 1.165) is 53.1 Å².